The van der Waals surface area contributed by atoms with E-state index in [1.807, 2.05) is 18.2 Å². The smallest absolute Gasteiger partial charge is 0.316 e. The Hall–Kier alpha value is -2.52. The number of thiazole rings is 1. The topological polar surface area (TPSA) is 79.1 Å². The highest BCUT2D eigenvalue weighted by atomic mass is 32.2. The maximum atomic E-state index is 12.0. The van der Waals surface area contributed by atoms with E-state index in [9.17, 15) is 9.59 Å². The van der Waals surface area contributed by atoms with Crippen LogP contribution in [-0.4, -0.2) is 34.3 Å². The van der Waals surface area contributed by atoms with Crippen LogP contribution in [0, 0.1) is 0 Å². The highest BCUT2D eigenvalue weighted by molar-refractivity contribution is 8.00. The molecule has 134 valence electrons. The van der Waals surface area contributed by atoms with Gasteiger partial charge in [0.25, 0.3) is 5.56 Å². The summed E-state index contributed by atoms with van der Waals surface area (Å²) in [6.45, 7) is 1.04. The Kier molecular flexibility index (Phi) is 4.81. The fourth-order valence-corrected chi connectivity index (χ4v) is 3.87. The van der Waals surface area contributed by atoms with E-state index < -0.39 is 0 Å². The molecule has 0 N–H and O–H groups in total. The zero-order chi connectivity index (χ0) is 17.9. The van der Waals surface area contributed by atoms with Crippen LogP contribution in [0.4, 0.5) is 0 Å². The van der Waals surface area contributed by atoms with E-state index in [-0.39, 0.29) is 23.9 Å². The summed E-state index contributed by atoms with van der Waals surface area (Å²) in [5, 5.41) is 1.78. The van der Waals surface area contributed by atoms with Gasteiger partial charge in [-0.3, -0.25) is 14.0 Å². The lowest BCUT2D eigenvalue weighted by molar-refractivity contribution is -0.141. The molecule has 0 saturated heterocycles. The van der Waals surface area contributed by atoms with Gasteiger partial charge in [0.15, 0.2) is 16.5 Å². The summed E-state index contributed by atoms with van der Waals surface area (Å²) >= 11 is 2.70. The molecule has 9 heteroatoms. The van der Waals surface area contributed by atoms with Gasteiger partial charge in [0.2, 0.25) is 0 Å². The number of benzene rings is 1. The Labute approximate surface area is 156 Å². The molecule has 1 aliphatic rings. The summed E-state index contributed by atoms with van der Waals surface area (Å²) in [5.41, 5.74) is 0.253. The molecule has 0 amide bonds. The molecule has 1 aromatic carbocycles. The molecule has 26 heavy (non-hydrogen) atoms. The third-order valence-corrected chi connectivity index (χ3v) is 5.33. The number of esters is 1. The molecule has 0 saturated carbocycles. The second-order valence-corrected chi connectivity index (χ2v) is 7.32. The summed E-state index contributed by atoms with van der Waals surface area (Å²) in [4.78, 5) is 29.6. The summed E-state index contributed by atoms with van der Waals surface area (Å²) in [6, 6.07) is 6.93. The number of hydrogen-bond donors (Lipinski definition) is 0. The minimum atomic E-state index is -0.377. The standard InChI is InChI=1S/C17H14N2O5S2/c20-15-7-11(18-17-19(15)3-6-25-17)9-24-16(21)10-26-12-1-2-13-14(8-12)23-5-4-22-13/h1-3,6-8H,4-5,9-10H2. The van der Waals surface area contributed by atoms with E-state index in [0.717, 1.165) is 4.90 Å². The molecule has 3 heterocycles. The van der Waals surface area contributed by atoms with Crippen molar-refractivity contribution in [2.75, 3.05) is 19.0 Å². The van der Waals surface area contributed by atoms with Gasteiger partial charge in [0.1, 0.15) is 19.8 Å². The maximum absolute atomic E-state index is 12.0. The number of hydrogen-bond acceptors (Lipinski definition) is 8. The van der Waals surface area contributed by atoms with E-state index in [4.69, 9.17) is 14.2 Å². The van der Waals surface area contributed by atoms with Crippen molar-refractivity contribution in [3.63, 3.8) is 0 Å². The molecule has 0 aliphatic carbocycles. The fourth-order valence-electron chi connectivity index (χ4n) is 2.41. The lowest BCUT2D eigenvalue weighted by Gasteiger charge is -2.18. The lowest BCUT2D eigenvalue weighted by Crippen LogP contribution is -2.15. The summed E-state index contributed by atoms with van der Waals surface area (Å²) in [5.74, 6) is 1.17. The molecular weight excluding hydrogens is 376 g/mol. The Balaban J connectivity index is 1.33. The number of ether oxygens (including phenoxy) is 3. The van der Waals surface area contributed by atoms with Crippen LogP contribution in [0.25, 0.3) is 4.96 Å². The number of aromatic nitrogens is 2. The van der Waals surface area contributed by atoms with Crippen LogP contribution in [0.5, 0.6) is 11.5 Å². The van der Waals surface area contributed by atoms with Crippen molar-refractivity contribution >= 4 is 34.0 Å². The molecule has 0 radical (unpaired) electrons. The van der Waals surface area contributed by atoms with E-state index >= 15 is 0 Å². The second-order valence-electron chi connectivity index (χ2n) is 5.40. The Morgan fingerprint density at radius 2 is 2.12 bits per heavy atom. The Bertz CT molecular complexity index is 1010. The van der Waals surface area contributed by atoms with Crippen LogP contribution >= 0.6 is 23.1 Å². The van der Waals surface area contributed by atoms with Crippen molar-refractivity contribution in [2.45, 2.75) is 11.5 Å². The van der Waals surface area contributed by atoms with E-state index in [2.05, 4.69) is 4.98 Å². The summed E-state index contributed by atoms with van der Waals surface area (Å²) < 4.78 is 17.7. The normalized spacial score (nSPS) is 12.9. The molecule has 2 aromatic heterocycles. The summed E-state index contributed by atoms with van der Waals surface area (Å²) in [6.07, 6.45) is 1.66. The van der Waals surface area contributed by atoms with Gasteiger partial charge < -0.3 is 14.2 Å². The fraction of sp³-hybridized carbons (Fsp3) is 0.235. The van der Waals surface area contributed by atoms with Crippen molar-refractivity contribution in [2.24, 2.45) is 0 Å². The highest BCUT2D eigenvalue weighted by Crippen LogP contribution is 2.34. The first-order valence-electron chi connectivity index (χ1n) is 7.83. The first-order chi connectivity index (χ1) is 12.7. The SMILES string of the molecule is O=C(CSc1ccc2c(c1)OCCO2)OCc1cc(=O)n2ccsc2n1. The van der Waals surface area contributed by atoms with Crippen LogP contribution in [0.2, 0.25) is 0 Å². The third kappa shape index (κ3) is 3.68. The quantitative estimate of drug-likeness (QED) is 0.489. The van der Waals surface area contributed by atoms with E-state index in [0.29, 0.717) is 35.4 Å². The highest BCUT2D eigenvalue weighted by Gasteiger charge is 2.13. The molecule has 1 aliphatic heterocycles. The van der Waals surface area contributed by atoms with Crippen molar-refractivity contribution in [1.82, 2.24) is 9.38 Å². The van der Waals surface area contributed by atoms with E-state index in [1.165, 1.54) is 33.6 Å². The van der Waals surface area contributed by atoms with Crippen LogP contribution in [0.3, 0.4) is 0 Å². The zero-order valence-corrected chi connectivity index (χ0v) is 15.2. The molecule has 7 nitrogen and oxygen atoms in total. The maximum Gasteiger partial charge on any atom is 0.316 e. The van der Waals surface area contributed by atoms with Crippen LogP contribution < -0.4 is 15.0 Å². The average molecular weight is 390 g/mol. The zero-order valence-electron chi connectivity index (χ0n) is 13.5. The summed E-state index contributed by atoms with van der Waals surface area (Å²) in [7, 11) is 0. The predicted octanol–water partition coefficient (Wildman–Crippen LogP) is 2.36. The molecule has 0 atom stereocenters. The van der Waals surface area contributed by atoms with Gasteiger partial charge in [-0.05, 0) is 18.2 Å². The number of fused-ring (bicyclic) bond motifs is 2. The van der Waals surface area contributed by atoms with Gasteiger partial charge in [-0.25, -0.2) is 4.98 Å². The van der Waals surface area contributed by atoms with E-state index in [1.54, 1.807) is 11.6 Å². The number of nitrogens with zero attached hydrogens (tertiary/aromatic N) is 2. The molecule has 0 spiro atoms. The first kappa shape index (κ1) is 16.9. The molecule has 0 bridgehead atoms. The third-order valence-electron chi connectivity index (χ3n) is 3.61. The first-order valence-corrected chi connectivity index (χ1v) is 9.69. The number of thioether (sulfide) groups is 1. The number of carbonyl (C=O) groups is 1. The monoisotopic (exact) mass is 390 g/mol. The van der Waals surface area contributed by atoms with Gasteiger partial charge in [-0.1, -0.05) is 0 Å². The molecule has 3 aromatic rings. The van der Waals surface area contributed by atoms with Crippen molar-refractivity contribution in [3.05, 3.63) is 51.9 Å². The van der Waals surface area contributed by atoms with Gasteiger partial charge in [0, 0.05) is 22.5 Å². The minimum Gasteiger partial charge on any atom is -0.486 e. The van der Waals surface area contributed by atoms with Crippen molar-refractivity contribution in [3.8, 4) is 11.5 Å². The number of carbonyl (C=O) groups excluding carboxylic acids is 1. The molecule has 4 rings (SSSR count). The lowest BCUT2D eigenvalue weighted by atomic mass is 10.3. The molecule has 0 unspecified atom stereocenters. The molecule has 0 fully saturated rings. The van der Waals surface area contributed by atoms with Gasteiger partial charge in [-0.15, -0.1) is 23.1 Å². The van der Waals surface area contributed by atoms with Crippen LogP contribution in [-0.2, 0) is 16.1 Å². The van der Waals surface area contributed by atoms with Crippen LogP contribution in [0.15, 0.2) is 45.5 Å². The molecular formula is C17H14N2O5S2. The van der Waals surface area contributed by atoms with Gasteiger partial charge >= 0.3 is 5.97 Å². The van der Waals surface area contributed by atoms with Crippen LogP contribution in [0.1, 0.15) is 5.69 Å². The number of rotatable bonds is 5. The predicted molar refractivity (Wildman–Crippen MR) is 97.3 cm³/mol. The van der Waals surface area contributed by atoms with Crippen molar-refractivity contribution < 1.29 is 19.0 Å². The van der Waals surface area contributed by atoms with Gasteiger partial charge in [-0.2, -0.15) is 0 Å². The van der Waals surface area contributed by atoms with Crippen molar-refractivity contribution in [1.29, 1.82) is 0 Å². The van der Waals surface area contributed by atoms with Gasteiger partial charge in [0.05, 0.1) is 11.4 Å². The second kappa shape index (κ2) is 7.38. The Morgan fingerprint density at radius 3 is 3.00 bits per heavy atom. The Morgan fingerprint density at radius 1 is 1.27 bits per heavy atom. The minimum absolute atomic E-state index is 0.0236. The largest absolute Gasteiger partial charge is 0.486 e. The average Bonchev–Trinajstić information content (AvgIpc) is 3.14.